The SMILES string of the molecule is CCNCCNC(=O)c1ccc(C)c(F)c1.Cl. The van der Waals surface area contributed by atoms with Gasteiger partial charge >= 0.3 is 0 Å². The molecule has 0 spiro atoms. The van der Waals surface area contributed by atoms with Gasteiger partial charge in [0, 0.05) is 18.7 Å². The van der Waals surface area contributed by atoms with Gasteiger partial charge in [-0.15, -0.1) is 12.4 Å². The van der Waals surface area contributed by atoms with Gasteiger partial charge in [0.2, 0.25) is 0 Å². The number of hydrogen-bond donors (Lipinski definition) is 2. The first-order chi connectivity index (χ1) is 7.65. The lowest BCUT2D eigenvalue weighted by Crippen LogP contribution is -2.31. The van der Waals surface area contributed by atoms with Gasteiger partial charge in [-0.25, -0.2) is 4.39 Å². The first kappa shape index (κ1) is 15.9. The Morgan fingerprint density at radius 2 is 2.06 bits per heavy atom. The second-order valence-corrected chi connectivity index (χ2v) is 3.57. The van der Waals surface area contributed by atoms with E-state index in [-0.39, 0.29) is 24.1 Å². The van der Waals surface area contributed by atoms with Crippen molar-refractivity contribution in [3.8, 4) is 0 Å². The van der Waals surface area contributed by atoms with Crippen LogP contribution in [-0.2, 0) is 0 Å². The predicted octanol–water partition coefficient (Wildman–Crippen LogP) is 1.90. The summed E-state index contributed by atoms with van der Waals surface area (Å²) in [6.07, 6.45) is 0. The van der Waals surface area contributed by atoms with Crippen molar-refractivity contribution in [2.24, 2.45) is 0 Å². The van der Waals surface area contributed by atoms with E-state index in [4.69, 9.17) is 0 Å². The average Bonchev–Trinajstić information content (AvgIpc) is 2.28. The minimum atomic E-state index is -0.348. The van der Waals surface area contributed by atoms with Gasteiger partial charge in [-0.05, 0) is 31.2 Å². The lowest BCUT2D eigenvalue weighted by molar-refractivity contribution is 0.0953. The maximum Gasteiger partial charge on any atom is 0.251 e. The number of aryl methyl sites for hydroxylation is 1. The van der Waals surface area contributed by atoms with Gasteiger partial charge in [0.15, 0.2) is 0 Å². The number of likely N-dealkylation sites (N-methyl/N-ethyl adjacent to an activating group) is 1. The third-order valence-electron chi connectivity index (χ3n) is 2.27. The number of nitrogens with one attached hydrogen (secondary N) is 2. The molecular weight excluding hydrogens is 243 g/mol. The monoisotopic (exact) mass is 260 g/mol. The molecular formula is C12H18ClFN2O. The second kappa shape index (κ2) is 8.03. The van der Waals surface area contributed by atoms with Gasteiger partial charge in [0.25, 0.3) is 5.91 Å². The van der Waals surface area contributed by atoms with Crippen molar-refractivity contribution >= 4 is 18.3 Å². The van der Waals surface area contributed by atoms with Crippen LogP contribution in [0.1, 0.15) is 22.8 Å². The molecule has 0 heterocycles. The standard InChI is InChI=1S/C12H17FN2O.ClH/c1-3-14-6-7-15-12(16)10-5-4-9(2)11(13)8-10;/h4-5,8,14H,3,6-7H2,1-2H3,(H,15,16);1H. The Morgan fingerprint density at radius 3 is 2.65 bits per heavy atom. The predicted molar refractivity (Wildman–Crippen MR) is 69.3 cm³/mol. The van der Waals surface area contributed by atoms with Crippen LogP contribution < -0.4 is 10.6 Å². The van der Waals surface area contributed by atoms with Gasteiger partial charge in [-0.1, -0.05) is 13.0 Å². The fraction of sp³-hybridized carbons (Fsp3) is 0.417. The van der Waals surface area contributed by atoms with Crippen LogP contribution in [0, 0.1) is 12.7 Å². The van der Waals surface area contributed by atoms with Crippen LogP contribution in [0.4, 0.5) is 4.39 Å². The molecule has 0 atom stereocenters. The molecule has 0 aromatic heterocycles. The first-order valence-electron chi connectivity index (χ1n) is 5.40. The van der Waals surface area contributed by atoms with E-state index in [1.54, 1.807) is 19.1 Å². The number of amides is 1. The Morgan fingerprint density at radius 1 is 1.35 bits per heavy atom. The minimum absolute atomic E-state index is 0. The molecule has 0 aliphatic heterocycles. The van der Waals surface area contributed by atoms with Crippen molar-refractivity contribution in [1.82, 2.24) is 10.6 Å². The zero-order valence-electron chi connectivity index (χ0n) is 10.0. The zero-order chi connectivity index (χ0) is 12.0. The van der Waals surface area contributed by atoms with Gasteiger partial charge in [0.1, 0.15) is 5.82 Å². The topological polar surface area (TPSA) is 41.1 Å². The third-order valence-corrected chi connectivity index (χ3v) is 2.27. The summed E-state index contributed by atoms with van der Waals surface area (Å²) >= 11 is 0. The molecule has 17 heavy (non-hydrogen) atoms. The number of carbonyl (C=O) groups excluding carboxylic acids is 1. The largest absolute Gasteiger partial charge is 0.351 e. The van der Waals surface area contributed by atoms with Crippen LogP contribution in [0.25, 0.3) is 0 Å². The number of halogens is 2. The molecule has 1 aromatic carbocycles. The Balaban J connectivity index is 0.00000256. The van der Waals surface area contributed by atoms with Crippen molar-refractivity contribution in [3.05, 3.63) is 35.1 Å². The Hall–Kier alpha value is -1.13. The zero-order valence-corrected chi connectivity index (χ0v) is 10.9. The molecule has 0 saturated carbocycles. The van der Waals surface area contributed by atoms with E-state index >= 15 is 0 Å². The van der Waals surface area contributed by atoms with Crippen molar-refractivity contribution in [3.63, 3.8) is 0 Å². The summed E-state index contributed by atoms with van der Waals surface area (Å²) in [7, 11) is 0. The van der Waals surface area contributed by atoms with E-state index in [1.165, 1.54) is 6.07 Å². The molecule has 0 saturated heterocycles. The quantitative estimate of drug-likeness (QED) is 0.794. The fourth-order valence-corrected chi connectivity index (χ4v) is 1.28. The molecule has 0 bridgehead atoms. The molecule has 5 heteroatoms. The first-order valence-corrected chi connectivity index (χ1v) is 5.40. The molecule has 0 aliphatic carbocycles. The molecule has 2 N–H and O–H groups in total. The summed E-state index contributed by atoms with van der Waals surface area (Å²) in [5, 5.41) is 5.80. The smallest absolute Gasteiger partial charge is 0.251 e. The van der Waals surface area contributed by atoms with Gasteiger partial charge < -0.3 is 10.6 Å². The van der Waals surface area contributed by atoms with E-state index in [1.807, 2.05) is 6.92 Å². The van der Waals surface area contributed by atoms with Crippen LogP contribution >= 0.6 is 12.4 Å². The molecule has 0 fully saturated rings. The lowest BCUT2D eigenvalue weighted by atomic mass is 10.1. The van der Waals surface area contributed by atoms with Gasteiger partial charge in [-0.3, -0.25) is 4.79 Å². The molecule has 1 aromatic rings. The molecule has 1 amide bonds. The fourth-order valence-electron chi connectivity index (χ4n) is 1.28. The number of benzene rings is 1. The summed E-state index contributed by atoms with van der Waals surface area (Å²) in [6.45, 7) is 5.80. The maximum atomic E-state index is 13.2. The van der Waals surface area contributed by atoms with E-state index in [2.05, 4.69) is 10.6 Å². The maximum absolute atomic E-state index is 13.2. The van der Waals surface area contributed by atoms with Crippen molar-refractivity contribution in [1.29, 1.82) is 0 Å². The summed E-state index contributed by atoms with van der Waals surface area (Å²) in [5.41, 5.74) is 0.906. The van der Waals surface area contributed by atoms with E-state index in [0.717, 1.165) is 13.1 Å². The molecule has 1 rings (SSSR count). The highest BCUT2D eigenvalue weighted by Gasteiger charge is 2.06. The van der Waals surface area contributed by atoms with E-state index in [9.17, 15) is 9.18 Å². The van der Waals surface area contributed by atoms with Gasteiger partial charge in [-0.2, -0.15) is 0 Å². The summed E-state index contributed by atoms with van der Waals surface area (Å²) < 4.78 is 13.2. The van der Waals surface area contributed by atoms with Crippen LogP contribution in [0.5, 0.6) is 0 Å². The number of rotatable bonds is 5. The van der Waals surface area contributed by atoms with Crippen molar-refractivity contribution < 1.29 is 9.18 Å². The summed E-state index contributed by atoms with van der Waals surface area (Å²) in [4.78, 5) is 11.6. The molecule has 0 aliphatic rings. The Labute approximate surface area is 107 Å². The average molecular weight is 261 g/mol. The molecule has 3 nitrogen and oxygen atoms in total. The van der Waals surface area contributed by atoms with Crippen LogP contribution in [0.3, 0.4) is 0 Å². The summed E-state index contributed by atoms with van der Waals surface area (Å²) in [6, 6.07) is 4.49. The second-order valence-electron chi connectivity index (χ2n) is 3.57. The van der Waals surface area contributed by atoms with Gasteiger partial charge in [0.05, 0.1) is 0 Å². The van der Waals surface area contributed by atoms with Crippen LogP contribution in [0.15, 0.2) is 18.2 Å². The highest BCUT2D eigenvalue weighted by Crippen LogP contribution is 2.08. The number of carbonyl (C=O) groups is 1. The van der Waals surface area contributed by atoms with Crippen LogP contribution in [-0.4, -0.2) is 25.5 Å². The minimum Gasteiger partial charge on any atom is -0.351 e. The van der Waals surface area contributed by atoms with Crippen molar-refractivity contribution in [2.45, 2.75) is 13.8 Å². The summed E-state index contributed by atoms with van der Waals surface area (Å²) in [5.74, 6) is -0.587. The van der Waals surface area contributed by atoms with E-state index < -0.39 is 0 Å². The molecule has 0 radical (unpaired) electrons. The van der Waals surface area contributed by atoms with Crippen molar-refractivity contribution in [2.75, 3.05) is 19.6 Å². The highest BCUT2D eigenvalue weighted by molar-refractivity contribution is 5.94. The molecule has 0 unspecified atom stereocenters. The third kappa shape index (κ3) is 5.15. The lowest BCUT2D eigenvalue weighted by Gasteiger charge is -2.06. The van der Waals surface area contributed by atoms with E-state index in [0.29, 0.717) is 17.7 Å². The normalized spacial score (nSPS) is 9.59. The number of hydrogen-bond acceptors (Lipinski definition) is 2. The Kier molecular flexibility index (Phi) is 7.50. The highest BCUT2D eigenvalue weighted by atomic mass is 35.5. The van der Waals surface area contributed by atoms with Crippen LogP contribution in [0.2, 0.25) is 0 Å². The molecule has 96 valence electrons. The Bertz CT molecular complexity index is 372.